The number of ether oxygens (including phenoxy) is 2. The van der Waals surface area contributed by atoms with Gasteiger partial charge in [-0.1, -0.05) is 24.3 Å². The van der Waals surface area contributed by atoms with Crippen molar-refractivity contribution in [2.75, 3.05) is 14.2 Å². The van der Waals surface area contributed by atoms with Gasteiger partial charge >= 0.3 is 5.97 Å². The maximum atomic E-state index is 12.5. The Morgan fingerprint density at radius 3 is 2.68 bits per heavy atom. The fraction of sp³-hybridized carbons (Fsp3) is 0.292. The molecular weight excluding hydrogens is 392 g/mol. The summed E-state index contributed by atoms with van der Waals surface area (Å²) in [5.41, 5.74) is 4.75. The first-order chi connectivity index (χ1) is 15.1. The van der Waals surface area contributed by atoms with Gasteiger partial charge in [-0.05, 0) is 35.4 Å². The summed E-state index contributed by atoms with van der Waals surface area (Å²) in [6.45, 7) is 1.80. The van der Waals surface area contributed by atoms with Crippen LogP contribution in [0.5, 0.6) is 5.75 Å². The van der Waals surface area contributed by atoms with Gasteiger partial charge in [-0.15, -0.1) is 0 Å². The second-order valence-electron chi connectivity index (χ2n) is 7.57. The lowest BCUT2D eigenvalue weighted by molar-refractivity contribution is -0.148. The van der Waals surface area contributed by atoms with Crippen LogP contribution in [0.1, 0.15) is 28.1 Å². The topological polar surface area (TPSA) is 80.4 Å². The van der Waals surface area contributed by atoms with Crippen molar-refractivity contribution in [2.24, 2.45) is 0 Å². The zero-order valence-electron chi connectivity index (χ0n) is 17.6. The summed E-state index contributed by atoms with van der Waals surface area (Å²) in [4.78, 5) is 19.2. The first-order valence-corrected chi connectivity index (χ1v) is 10.1. The molecule has 1 aliphatic heterocycles. The Morgan fingerprint density at radius 2 is 1.97 bits per heavy atom. The number of carbonyl (C=O) groups excluding carboxylic acids is 1. The molecule has 0 radical (unpaired) electrons. The molecule has 2 aromatic carbocycles. The predicted molar refractivity (Wildman–Crippen MR) is 114 cm³/mol. The number of nitriles is 1. The molecule has 0 saturated carbocycles. The quantitative estimate of drug-likeness (QED) is 0.575. The van der Waals surface area contributed by atoms with Crippen LogP contribution in [0.2, 0.25) is 0 Å². The number of methoxy groups -OCH3 is 2. The number of imidazole rings is 1. The third-order valence-corrected chi connectivity index (χ3v) is 5.64. The van der Waals surface area contributed by atoms with Crippen molar-refractivity contribution >= 4 is 5.97 Å². The van der Waals surface area contributed by atoms with Crippen molar-refractivity contribution in [2.45, 2.75) is 32.1 Å². The molecule has 158 valence electrons. The summed E-state index contributed by atoms with van der Waals surface area (Å²) >= 11 is 0. The monoisotopic (exact) mass is 416 g/mol. The van der Waals surface area contributed by atoms with E-state index in [1.165, 1.54) is 7.11 Å². The van der Waals surface area contributed by atoms with Crippen LogP contribution in [0.3, 0.4) is 0 Å². The summed E-state index contributed by atoms with van der Waals surface area (Å²) in [5, 5.41) is 9.20. The molecule has 2 heterocycles. The van der Waals surface area contributed by atoms with E-state index in [1.54, 1.807) is 13.2 Å². The van der Waals surface area contributed by atoms with E-state index in [2.05, 4.69) is 20.5 Å². The Labute approximate surface area is 181 Å². The standard InChI is InChI=1S/C24H24N4O3/c1-30-20-8-6-17(7-9-20)13-28-16-26-21-11-22(24(29)31-2)27(15-23(21)28)14-19-5-3-4-18(10-19)12-25/h3-10,16,22H,11,13-15H2,1-2H3. The summed E-state index contributed by atoms with van der Waals surface area (Å²) in [6.07, 6.45) is 2.33. The van der Waals surface area contributed by atoms with Gasteiger partial charge in [-0.25, -0.2) is 4.98 Å². The molecule has 0 aliphatic carbocycles. The maximum Gasteiger partial charge on any atom is 0.323 e. The Balaban J connectivity index is 1.60. The third-order valence-electron chi connectivity index (χ3n) is 5.64. The molecule has 0 bridgehead atoms. The van der Waals surface area contributed by atoms with Gasteiger partial charge in [0.1, 0.15) is 11.8 Å². The molecule has 3 aromatic rings. The number of aromatic nitrogens is 2. The van der Waals surface area contributed by atoms with E-state index in [4.69, 9.17) is 9.47 Å². The van der Waals surface area contributed by atoms with E-state index in [9.17, 15) is 10.1 Å². The zero-order valence-corrected chi connectivity index (χ0v) is 17.6. The van der Waals surface area contributed by atoms with Crippen molar-refractivity contribution in [3.8, 4) is 11.8 Å². The lowest BCUT2D eigenvalue weighted by atomic mass is 10.0. The van der Waals surface area contributed by atoms with E-state index < -0.39 is 6.04 Å². The Kier molecular flexibility index (Phi) is 6.01. The van der Waals surface area contributed by atoms with E-state index in [1.807, 2.05) is 48.8 Å². The number of fused-ring (bicyclic) bond motifs is 1. The molecule has 4 rings (SSSR count). The van der Waals surface area contributed by atoms with Crippen molar-refractivity contribution in [1.82, 2.24) is 14.5 Å². The predicted octanol–water partition coefficient (Wildman–Crippen LogP) is 2.91. The fourth-order valence-electron chi connectivity index (χ4n) is 3.99. The van der Waals surface area contributed by atoms with E-state index in [0.717, 1.165) is 28.3 Å². The number of benzene rings is 2. The van der Waals surface area contributed by atoms with Crippen LogP contribution in [-0.2, 0) is 35.6 Å². The highest BCUT2D eigenvalue weighted by Crippen LogP contribution is 2.26. The van der Waals surface area contributed by atoms with Crippen molar-refractivity contribution in [3.05, 3.63) is 82.9 Å². The van der Waals surface area contributed by atoms with Crippen LogP contribution in [-0.4, -0.2) is 40.7 Å². The second-order valence-corrected chi connectivity index (χ2v) is 7.57. The highest BCUT2D eigenvalue weighted by atomic mass is 16.5. The molecule has 0 spiro atoms. The smallest absolute Gasteiger partial charge is 0.323 e. The molecule has 1 aliphatic rings. The van der Waals surface area contributed by atoms with Crippen LogP contribution in [0.4, 0.5) is 0 Å². The van der Waals surface area contributed by atoms with Gasteiger partial charge in [0.05, 0.1) is 43.6 Å². The number of carbonyl (C=O) groups is 1. The van der Waals surface area contributed by atoms with Gasteiger partial charge in [0.2, 0.25) is 0 Å². The summed E-state index contributed by atoms with van der Waals surface area (Å²) < 4.78 is 12.4. The largest absolute Gasteiger partial charge is 0.497 e. The first kappa shape index (κ1) is 20.6. The normalized spacial score (nSPS) is 15.7. The van der Waals surface area contributed by atoms with Crippen LogP contribution in [0.15, 0.2) is 54.9 Å². The van der Waals surface area contributed by atoms with Gasteiger partial charge in [0.15, 0.2) is 0 Å². The molecule has 1 atom stereocenters. The van der Waals surface area contributed by atoms with E-state index in [0.29, 0.717) is 31.6 Å². The van der Waals surface area contributed by atoms with E-state index in [-0.39, 0.29) is 5.97 Å². The molecule has 0 fully saturated rings. The number of esters is 1. The molecule has 0 amide bonds. The number of rotatable bonds is 6. The fourth-order valence-corrected chi connectivity index (χ4v) is 3.99. The van der Waals surface area contributed by atoms with Crippen molar-refractivity contribution < 1.29 is 14.3 Å². The molecule has 1 unspecified atom stereocenters. The Hall–Kier alpha value is -3.63. The molecule has 0 saturated heterocycles. The number of hydrogen-bond donors (Lipinski definition) is 0. The van der Waals surface area contributed by atoms with Gasteiger partial charge in [0, 0.05) is 26.1 Å². The molecule has 0 N–H and O–H groups in total. The lowest BCUT2D eigenvalue weighted by Gasteiger charge is -2.34. The van der Waals surface area contributed by atoms with Crippen LogP contribution in [0, 0.1) is 11.3 Å². The number of nitrogens with zero attached hydrogens (tertiary/aromatic N) is 4. The van der Waals surface area contributed by atoms with Gasteiger partial charge in [-0.3, -0.25) is 9.69 Å². The molecule has 1 aromatic heterocycles. The average Bonchev–Trinajstić information content (AvgIpc) is 3.20. The first-order valence-electron chi connectivity index (χ1n) is 10.1. The molecular formula is C24H24N4O3. The minimum atomic E-state index is -0.410. The highest BCUT2D eigenvalue weighted by Gasteiger charge is 2.34. The van der Waals surface area contributed by atoms with Crippen LogP contribution >= 0.6 is 0 Å². The Morgan fingerprint density at radius 1 is 1.16 bits per heavy atom. The highest BCUT2D eigenvalue weighted by molar-refractivity contribution is 5.76. The minimum absolute atomic E-state index is 0.271. The second kappa shape index (κ2) is 9.02. The summed E-state index contributed by atoms with van der Waals surface area (Å²) in [5.74, 6) is 0.551. The number of hydrogen-bond acceptors (Lipinski definition) is 6. The minimum Gasteiger partial charge on any atom is -0.497 e. The van der Waals surface area contributed by atoms with Crippen LogP contribution < -0.4 is 4.74 Å². The maximum absolute atomic E-state index is 12.5. The van der Waals surface area contributed by atoms with Crippen molar-refractivity contribution in [3.63, 3.8) is 0 Å². The van der Waals surface area contributed by atoms with Crippen LogP contribution in [0.25, 0.3) is 0 Å². The van der Waals surface area contributed by atoms with Gasteiger partial charge < -0.3 is 14.0 Å². The summed E-state index contributed by atoms with van der Waals surface area (Å²) in [6, 6.07) is 17.2. The molecule has 7 heteroatoms. The van der Waals surface area contributed by atoms with E-state index >= 15 is 0 Å². The average molecular weight is 416 g/mol. The zero-order chi connectivity index (χ0) is 21.8. The molecule has 7 nitrogen and oxygen atoms in total. The summed E-state index contributed by atoms with van der Waals surface area (Å²) in [7, 11) is 3.06. The Bertz CT molecular complexity index is 1110. The van der Waals surface area contributed by atoms with Crippen molar-refractivity contribution in [1.29, 1.82) is 5.26 Å². The lowest BCUT2D eigenvalue weighted by Crippen LogP contribution is -2.46. The molecule has 31 heavy (non-hydrogen) atoms. The van der Waals surface area contributed by atoms with Gasteiger partial charge in [0.25, 0.3) is 0 Å². The SMILES string of the molecule is COC(=O)C1Cc2ncn(Cc3ccc(OC)cc3)c2CN1Cc1cccc(C#N)c1. The third kappa shape index (κ3) is 4.44. The van der Waals surface area contributed by atoms with Gasteiger partial charge in [-0.2, -0.15) is 5.26 Å².